The molecule has 6 nitrogen and oxygen atoms in total. The molecule has 0 spiro atoms. The predicted molar refractivity (Wildman–Crippen MR) is 116 cm³/mol. The van der Waals surface area contributed by atoms with Gasteiger partial charge in [-0.05, 0) is 31.4 Å². The predicted octanol–water partition coefficient (Wildman–Crippen LogP) is 2.88. The Balaban J connectivity index is 0.00000243. The van der Waals surface area contributed by atoms with Gasteiger partial charge in [0.05, 0.1) is 6.54 Å². The van der Waals surface area contributed by atoms with Crippen LogP contribution in [0.4, 0.5) is 0 Å². The van der Waals surface area contributed by atoms with Gasteiger partial charge in [0, 0.05) is 31.5 Å². The third-order valence-corrected chi connectivity index (χ3v) is 4.67. The molecule has 1 fully saturated rings. The minimum absolute atomic E-state index is 0. The molecule has 0 radical (unpaired) electrons. The largest absolute Gasteiger partial charge is 0.357 e. The molecule has 0 amide bonds. The molecule has 1 aliphatic rings. The van der Waals surface area contributed by atoms with Crippen LogP contribution in [0.3, 0.4) is 0 Å². The molecule has 7 heteroatoms. The molecule has 2 unspecified atom stereocenters. The number of benzene rings is 1. The molecule has 0 bridgehead atoms. The number of halogens is 1. The Labute approximate surface area is 172 Å². The summed E-state index contributed by atoms with van der Waals surface area (Å²) in [5.74, 6) is 2.50. The highest BCUT2D eigenvalue weighted by Gasteiger charge is 2.39. The molecular formula is C19H29IN6. The van der Waals surface area contributed by atoms with Gasteiger partial charge in [0.25, 0.3) is 0 Å². The summed E-state index contributed by atoms with van der Waals surface area (Å²) < 4.78 is 2.07. The maximum absolute atomic E-state index is 4.71. The van der Waals surface area contributed by atoms with Crippen LogP contribution < -0.4 is 10.6 Å². The highest BCUT2D eigenvalue weighted by atomic mass is 127. The first-order valence-electron chi connectivity index (χ1n) is 9.20. The lowest BCUT2D eigenvalue weighted by Gasteiger charge is -2.12. The molecule has 1 aliphatic carbocycles. The number of nitrogens with one attached hydrogen (secondary N) is 2. The van der Waals surface area contributed by atoms with Crippen molar-refractivity contribution in [2.45, 2.75) is 52.1 Å². The molecule has 2 atom stereocenters. The second-order valence-corrected chi connectivity index (χ2v) is 6.50. The number of guanidine groups is 1. The van der Waals surface area contributed by atoms with E-state index < -0.39 is 0 Å². The second kappa shape index (κ2) is 9.89. The van der Waals surface area contributed by atoms with Crippen LogP contribution >= 0.6 is 24.0 Å². The van der Waals surface area contributed by atoms with Gasteiger partial charge in [-0.2, -0.15) is 0 Å². The first-order chi connectivity index (χ1) is 12.2. The number of aliphatic imine (C=N–C) groups is 1. The smallest absolute Gasteiger partial charge is 0.191 e. The minimum Gasteiger partial charge on any atom is -0.357 e. The van der Waals surface area contributed by atoms with E-state index in [2.05, 4.69) is 70.4 Å². The molecule has 0 saturated heterocycles. The average Bonchev–Trinajstić information content (AvgIpc) is 3.21. The highest BCUT2D eigenvalue weighted by Crippen LogP contribution is 2.41. The lowest BCUT2D eigenvalue weighted by Crippen LogP contribution is -2.39. The summed E-state index contributed by atoms with van der Waals surface area (Å²) in [4.78, 5) is 4.71. The van der Waals surface area contributed by atoms with Gasteiger partial charge in [0.15, 0.2) is 5.96 Å². The summed E-state index contributed by atoms with van der Waals surface area (Å²) in [5.41, 5.74) is 2.83. The van der Waals surface area contributed by atoms with E-state index in [1.54, 1.807) is 6.33 Å². The van der Waals surface area contributed by atoms with E-state index in [9.17, 15) is 0 Å². The van der Waals surface area contributed by atoms with E-state index in [-0.39, 0.29) is 24.0 Å². The van der Waals surface area contributed by atoms with Crippen LogP contribution in [0, 0.1) is 6.92 Å². The summed E-state index contributed by atoms with van der Waals surface area (Å²) >= 11 is 0. The highest BCUT2D eigenvalue weighted by molar-refractivity contribution is 14.0. The van der Waals surface area contributed by atoms with Crippen LogP contribution in [0.5, 0.6) is 0 Å². The second-order valence-electron chi connectivity index (χ2n) is 6.50. The zero-order valence-electron chi connectivity index (χ0n) is 15.8. The molecule has 1 aromatic carbocycles. The number of rotatable bonds is 7. The number of hydrogen-bond donors (Lipinski definition) is 2. The molecule has 1 saturated carbocycles. The minimum atomic E-state index is 0. The molecule has 26 heavy (non-hydrogen) atoms. The van der Waals surface area contributed by atoms with E-state index in [1.165, 1.54) is 17.5 Å². The summed E-state index contributed by atoms with van der Waals surface area (Å²) in [6.07, 6.45) is 3.84. The van der Waals surface area contributed by atoms with Gasteiger partial charge in [-0.3, -0.25) is 4.99 Å². The topological polar surface area (TPSA) is 67.1 Å². The fourth-order valence-electron chi connectivity index (χ4n) is 3.21. The van der Waals surface area contributed by atoms with E-state index >= 15 is 0 Å². The van der Waals surface area contributed by atoms with Crippen LogP contribution in [0.15, 0.2) is 35.6 Å². The molecule has 142 valence electrons. The van der Waals surface area contributed by atoms with Crippen molar-refractivity contribution in [1.82, 2.24) is 25.4 Å². The zero-order chi connectivity index (χ0) is 17.6. The number of aryl methyl sites for hydroxylation is 2. The Morgan fingerprint density at radius 1 is 1.31 bits per heavy atom. The molecule has 0 aliphatic heterocycles. The van der Waals surface area contributed by atoms with Gasteiger partial charge in [-0.25, -0.2) is 0 Å². The van der Waals surface area contributed by atoms with Gasteiger partial charge < -0.3 is 15.2 Å². The summed E-state index contributed by atoms with van der Waals surface area (Å²) in [5, 5.41) is 15.0. The van der Waals surface area contributed by atoms with Gasteiger partial charge in [0.2, 0.25) is 0 Å². The Hall–Kier alpha value is -1.64. The fraction of sp³-hybridized carbons (Fsp3) is 0.526. The molecule has 3 rings (SSSR count). The van der Waals surface area contributed by atoms with Crippen molar-refractivity contribution in [3.8, 4) is 0 Å². The normalized spacial score (nSPS) is 19.0. The Kier molecular flexibility index (Phi) is 7.86. The zero-order valence-corrected chi connectivity index (χ0v) is 18.1. The summed E-state index contributed by atoms with van der Waals surface area (Å²) in [6, 6.07) is 9.13. The fourth-order valence-corrected chi connectivity index (χ4v) is 3.21. The van der Waals surface area contributed by atoms with Crippen LogP contribution in [-0.4, -0.2) is 39.9 Å². The van der Waals surface area contributed by atoms with Crippen molar-refractivity contribution >= 4 is 29.9 Å². The van der Waals surface area contributed by atoms with Crippen molar-refractivity contribution in [1.29, 1.82) is 0 Å². The molecule has 2 aromatic rings. The monoisotopic (exact) mass is 468 g/mol. The third kappa shape index (κ3) is 5.18. The first-order valence-corrected chi connectivity index (χ1v) is 9.20. The van der Waals surface area contributed by atoms with Crippen LogP contribution in [0.2, 0.25) is 0 Å². The van der Waals surface area contributed by atoms with Crippen LogP contribution in [0.1, 0.15) is 43.1 Å². The first kappa shape index (κ1) is 20.7. The van der Waals surface area contributed by atoms with Gasteiger partial charge >= 0.3 is 0 Å². The molecule has 1 heterocycles. The molecule has 2 N–H and O–H groups in total. The number of aromatic nitrogens is 3. The van der Waals surface area contributed by atoms with Crippen molar-refractivity contribution < 1.29 is 0 Å². The number of hydrogen-bond acceptors (Lipinski definition) is 3. The lowest BCUT2D eigenvalue weighted by molar-refractivity contribution is 0.660. The SMILES string of the molecule is CCNC(=NCCn1cnnc1CC)NC1CC1c1ccccc1C.I. The quantitative estimate of drug-likeness (QED) is 0.373. The van der Waals surface area contributed by atoms with E-state index in [4.69, 9.17) is 4.99 Å². The summed E-state index contributed by atoms with van der Waals surface area (Å²) in [7, 11) is 0. The maximum Gasteiger partial charge on any atom is 0.191 e. The molecule has 1 aromatic heterocycles. The van der Waals surface area contributed by atoms with Crippen molar-refractivity contribution in [2.75, 3.05) is 13.1 Å². The summed E-state index contributed by atoms with van der Waals surface area (Å²) in [6.45, 7) is 8.75. The van der Waals surface area contributed by atoms with Gasteiger partial charge in [0.1, 0.15) is 12.2 Å². The van der Waals surface area contributed by atoms with Crippen molar-refractivity contribution in [3.05, 3.63) is 47.5 Å². The van der Waals surface area contributed by atoms with Crippen molar-refractivity contribution in [2.24, 2.45) is 4.99 Å². The lowest BCUT2D eigenvalue weighted by atomic mass is 10.0. The van der Waals surface area contributed by atoms with Gasteiger partial charge in [-0.1, -0.05) is 31.2 Å². The van der Waals surface area contributed by atoms with E-state index in [1.807, 2.05) is 0 Å². The Bertz CT molecular complexity index is 726. The van der Waals surface area contributed by atoms with E-state index in [0.29, 0.717) is 18.5 Å². The van der Waals surface area contributed by atoms with Crippen LogP contribution in [-0.2, 0) is 13.0 Å². The standard InChI is InChI=1S/C19H28N6.HI/c1-4-18-24-22-13-25(18)11-10-21-19(20-5-2)23-17-12-16(17)15-9-7-6-8-14(15)3;/h6-9,13,16-17H,4-5,10-12H2,1-3H3,(H2,20,21,23);1H. The van der Waals surface area contributed by atoms with Crippen molar-refractivity contribution in [3.63, 3.8) is 0 Å². The van der Waals surface area contributed by atoms with E-state index in [0.717, 1.165) is 31.3 Å². The van der Waals surface area contributed by atoms with Gasteiger partial charge in [-0.15, -0.1) is 34.2 Å². The number of nitrogens with zero attached hydrogens (tertiary/aromatic N) is 4. The third-order valence-electron chi connectivity index (χ3n) is 4.67. The Morgan fingerprint density at radius 3 is 2.85 bits per heavy atom. The average molecular weight is 468 g/mol. The Morgan fingerprint density at radius 2 is 2.12 bits per heavy atom. The molecular weight excluding hydrogens is 439 g/mol. The maximum atomic E-state index is 4.71. The van der Waals surface area contributed by atoms with Crippen LogP contribution in [0.25, 0.3) is 0 Å².